The maximum absolute atomic E-state index is 13.2. The zero-order valence-corrected chi connectivity index (χ0v) is 19.4. The molecule has 3 rings (SSSR count). The number of ether oxygens (including phenoxy) is 1. The molecule has 174 valence electrons. The van der Waals surface area contributed by atoms with Crippen LogP contribution in [0.25, 0.3) is 0 Å². The molecule has 1 aliphatic heterocycles. The summed E-state index contributed by atoms with van der Waals surface area (Å²) in [5.74, 6) is -0.248. The van der Waals surface area contributed by atoms with Crippen LogP contribution in [-0.4, -0.2) is 68.3 Å². The summed E-state index contributed by atoms with van der Waals surface area (Å²) in [6.45, 7) is 9.72. The topological polar surface area (TPSA) is 91.8 Å². The van der Waals surface area contributed by atoms with Crippen molar-refractivity contribution >= 4 is 21.6 Å². The van der Waals surface area contributed by atoms with Gasteiger partial charge in [-0.2, -0.15) is 4.31 Å². The zero-order chi connectivity index (χ0) is 23.8. The highest BCUT2D eigenvalue weighted by Crippen LogP contribution is 2.27. The molecule has 0 aliphatic carbocycles. The number of piperazine rings is 1. The van der Waals surface area contributed by atoms with E-state index in [0.717, 1.165) is 0 Å². The van der Waals surface area contributed by atoms with Crippen molar-refractivity contribution in [3.05, 3.63) is 85.2 Å². The number of allylic oxidation sites excluding steroid dienone is 2. The van der Waals surface area contributed by atoms with Crippen LogP contribution in [0.5, 0.6) is 5.75 Å². The summed E-state index contributed by atoms with van der Waals surface area (Å²) in [6, 6.07) is 7.71. The molecule has 0 saturated carbocycles. The lowest BCUT2D eigenvalue weighted by Gasteiger charge is -2.31. The van der Waals surface area contributed by atoms with E-state index in [1.54, 1.807) is 36.6 Å². The van der Waals surface area contributed by atoms with Crippen LogP contribution in [0.4, 0.5) is 5.69 Å². The number of amides is 1. The van der Waals surface area contributed by atoms with Crippen molar-refractivity contribution < 1.29 is 17.9 Å². The first kappa shape index (κ1) is 24.4. The fraction of sp³-hybridized carbons (Fsp3) is 0.250. The maximum atomic E-state index is 13.2. The van der Waals surface area contributed by atoms with Crippen LogP contribution >= 0.6 is 0 Å². The highest BCUT2D eigenvalue weighted by atomic mass is 32.2. The Morgan fingerprint density at radius 3 is 2.67 bits per heavy atom. The molecule has 1 saturated heterocycles. The van der Waals surface area contributed by atoms with E-state index in [0.29, 0.717) is 37.4 Å². The van der Waals surface area contributed by atoms with Gasteiger partial charge in [-0.05, 0) is 43.0 Å². The minimum atomic E-state index is -3.76. The molecular weight excluding hydrogens is 440 g/mol. The zero-order valence-electron chi connectivity index (χ0n) is 18.6. The van der Waals surface area contributed by atoms with Crippen LogP contribution in [0.2, 0.25) is 0 Å². The molecule has 1 N–H and O–H groups in total. The SMILES string of the molecule is C=CC=CC(=C)COc1ccc(S(=O)(=O)N2CCN(C)CC2)cc1C(=O)Nc1cccnc1. The smallest absolute Gasteiger partial charge is 0.259 e. The fourth-order valence-electron chi connectivity index (χ4n) is 3.21. The van der Waals surface area contributed by atoms with Crippen LogP contribution in [0.15, 0.2) is 84.6 Å². The largest absolute Gasteiger partial charge is 0.488 e. The molecule has 1 aromatic heterocycles. The van der Waals surface area contributed by atoms with E-state index >= 15 is 0 Å². The van der Waals surface area contributed by atoms with Crippen LogP contribution in [0.1, 0.15) is 10.4 Å². The first-order chi connectivity index (χ1) is 15.8. The molecule has 1 aromatic carbocycles. The number of carbonyl (C=O) groups is 1. The van der Waals surface area contributed by atoms with E-state index < -0.39 is 15.9 Å². The highest BCUT2D eigenvalue weighted by molar-refractivity contribution is 7.89. The number of nitrogens with zero attached hydrogens (tertiary/aromatic N) is 3. The lowest BCUT2D eigenvalue weighted by atomic mass is 10.2. The number of rotatable bonds is 9. The molecule has 1 fully saturated rings. The van der Waals surface area contributed by atoms with Crippen molar-refractivity contribution in [3.8, 4) is 5.75 Å². The number of carbonyl (C=O) groups excluding carboxylic acids is 1. The van der Waals surface area contributed by atoms with Gasteiger partial charge in [0.15, 0.2) is 0 Å². The lowest BCUT2D eigenvalue weighted by Crippen LogP contribution is -2.47. The summed E-state index contributed by atoms with van der Waals surface area (Å²) in [6.07, 6.45) is 8.19. The number of aromatic nitrogens is 1. The summed E-state index contributed by atoms with van der Waals surface area (Å²) in [4.78, 5) is 19.2. The Morgan fingerprint density at radius 2 is 2.00 bits per heavy atom. The molecular formula is C24H28N4O4S. The second-order valence-corrected chi connectivity index (χ2v) is 9.54. The first-order valence-corrected chi connectivity index (χ1v) is 11.9. The molecule has 2 heterocycles. The monoisotopic (exact) mass is 468 g/mol. The fourth-order valence-corrected chi connectivity index (χ4v) is 4.66. The lowest BCUT2D eigenvalue weighted by molar-refractivity contribution is 0.102. The minimum Gasteiger partial charge on any atom is -0.488 e. The predicted octanol–water partition coefficient (Wildman–Crippen LogP) is 2.95. The van der Waals surface area contributed by atoms with Crippen molar-refractivity contribution in [1.29, 1.82) is 0 Å². The normalized spacial score (nSPS) is 15.3. The van der Waals surface area contributed by atoms with Crippen molar-refractivity contribution in [1.82, 2.24) is 14.2 Å². The Balaban J connectivity index is 1.91. The average molecular weight is 469 g/mol. The summed E-state index contributed by atoms with van der Waals surface area (Å²) in [7, 11) is -1.80. The maximum Gasteiger partial charge on any atom is 0.259 e. The van der Waals surface area contributed by atoms with E-state index in [1.165, 1.54) is 28.7 Å². The molecule has 8 nitrogen and oxygen atoms in total. The molecule has 1 amide bonds. The number of benzene rings is 1. The van der Waals surface area contributed by atoms with Gasteiger partial charge in [0.25, 0.3) is 5.91 Å². The quantitative estimate of drug-likeness (QED) is 0.569. The Hall–Kier alpha value is -3.27. The van der Waals surface area contributed by atoms with Gasteiger partial charge in [0, 0.05) is 32.4 Å². The minimum absolute atomic E-state index is 0.0427. The number of hydrogen-bond acceptors (Lipinski definition) is 6. The van der Waals surface area contributed by atoms with E-state index in [-0.39, 0.29) is 22.8 Å². The number of hydrogen-bond donors (Lipinski definition) is 1. The molecule has 1 aliphatic rings. The van der Waals surface area contributed by atoms with Gasteiger partial charge in [-0.1, -0.05) is 31.4 Å². The molecule has 2 aromatic rings. The van der Waals surface area contributed by atoms with Gasteiger partial charge in [0.05, 0.1) is 22.3 Å². The Kier molecular flexibility index (Phi) is 8.16. The number of pyridine rings is 1. The molecule has 0 atom stereocenters. The number of anilines is 1. The Labute approximate surface area is 194 Å². The van der Waals surface area contributed by atoms with Crippen LogP contribution in [0, 0.1) is 0 Å². The summed E-state index contributed by atoms with van der Waals surface area (Å²) in [5.41, 5.74) is 1.26. The molecule has 0 unspecified atom stereocenters. The number of sulfonamides is 1. The van der Waals surface area contributed by atoms with Gasteiger partial charge in [0.2, 0.25) is 10.0 Å². The van der Waals surface area contributed by atoms with Crippen molar-refractivity contribution in [2.75, 3.05) is 45.2 Å². The first-order valence-electron chi connectivity index (χ1n) is 10.4. The van der Waals surface area contributed by atoms with Gasteiger partial charge in [-0.15, -0.1) is 0 Å². The van der Waals surface area contributed by atoms with Crippen LogP contribution < -0.4 is 10.1 Å². The van der Waals surface area contributed by atoms with E-state index in [9.17, 15) is 13.2 Å². The Morgan fingerprint density at radius 1 is 1.24 bits per heavy atom. The van der Waals surface area contributed by atoms with Crippen molar-refractivity contribution in [2.24, 2.45) is 0 Å². The number of nitrogens with one attached hydrogen (secondary N) is 1. The second-order valence-electron chi connectivity index (χ2n) is 7.60. The standard InChI is InChI=1S/C24H28N4O4S/c1-4-5-7-19(2)18-32-23-10-9-21(33(30,31)28-14-12-27(3)13-15-28)16-22(23)24(29)26-20-8-6-11-25-17-20/h4-11,16-17H,1-2,12-15,18H2,3H3,(H,26,29). The van der Waals surface area contributed by atoms with E-state index in [2.05, 4.69) is 28.4 Å². The van der Waals surface area contributed by atoms with Crippen molar-refractivity contribution in [2.45, 2.75) is 4.90 Å². The molecule has 0 bridgehead atoms. The predicted molar refractivity (Wildman–Crippen MR) is 129 cm³/mol. The third-order valence-corrected chi connectivity index (χ3v) is 6.99. The van der Waals surface area contributed by atoms with Gasteiger partial charge >= 0.3 is 0 Å². The molecule has 9 heteroatoms. The molecule has 0 spiro atoms. The summed E-state index contributed by atoms with van der Waals surface area (Å²) >= 11 is 0. The van der Waals surface area contributed by atoms with E-state index in [4.69, 9.17) is 4.74 Å². The number of likely N-dealkylation sites (N-methyl/N-ethyl adjacent to an activating group) is 1. The molecule has 33 heavy (non-hydrogen) atoms. The third kappa shape index (κ3) is 6.38. The van der Waals surface area contributed by atoms with Gasteiger partial charge in [-0.3, -0.25) is 9.78 Å². The van der Waals surface area contributed by atoms with Gasteiger partial charge < -0.3 is 15.0 Å². The summed E-state index contributed by atoms with van der Waals surface area (Å²) < 4.78 is 33.7. The third-order valence-electron chi connectivity index (χ3n) is 5.10. The van der Waals surface area contributed by atoms with Crippen LogP contribution in [-0.2, 0) is 10.0 Å². The molecule has 0 radical (unpaired) electrons. The van der Waals surface area contributed by atoms with E-state index in [1.807, 2.05) is 7.05 Å². The Bertz CT molecular complexity index is 1140. The van der Waals surface area contributed by atoms with Gasteiger partial charge in [-0.25, -0.2) is 8.42 Å². The van der Waals surface area contributed by atoms with Crippen molar-refractivity contribution in [3.63, 3.8) is 0 Å². The van der Waals surface area contributed by atoms with Gasteiger partial charge in [0.1, 0.15) is 12.4 Å². The van der Waals surface area contributed by atoms with Crippen LogP contribution in [0.3, 0.4) is 0 Å². The highest BCUT2D eigenvalue weighted by Gasteiger charge is 2.29. The second kappa shape index (κ2) is 11.0. The average Bonchev–Trinajstić information content (AvgIpc) is 2.82. The summed E-state index contributed by atoms with van der Waals surface area (Å²) in [5, 5.41) is 2.74.